The summed E-state index contributed by atoms with van der Waals surface area (Å²) in [5.74, 6) is 0. The van der Waals surface area contributed by atoms with Crippen LogP contribution in [0.5, 0.6) is 0 Å². The van der Waals surface area contributed by atoms with Crippen LogP contribution in [0.3, 0.4) is 0 Å². The van der Waals surface area contributed by atoms with Crippen molar-refractivity contribution >= 4 is 0 Å². The third-order valence-corrected chi connectivity index (χ3v) is 2.90. The van der Waals surface area contributed by atoms with Gasteiger partial charge in [0, 0.05) is 6.61 Å². The summed E-state index contributed by atoms with van der Waals surface area (Å²) in [6.07, 6.45) is 15.9. The van der Waals surface area contributed by atoms with E-state index in [1.807, 2.05) is 0 Å². The number of aliphatic hydroxyl groups is 1. The zero-order valence-corrected chi connectivity index (χ0v) is 11.8. The van der Waals surface area contributed by atoms with Gasteiger partial charge in [-0.2, -0.15) is 0 Å². The molecular weight excluding hydrogens is 227 g/mol. The van der Waals surface area contributed by atoms with Crippen LogP contribution in [-0.4, -0.2) is 17.9 Å². The van der Waals surface area contributed by atoms with Gasteiger partial charge in [0.25, 0.3) is 0 Å². The van der Waals surface area contributed by atoms with Crippen LogP contribution in [0.4, 0.5) is 4.39 Å². The standard InChI is InChI=1S/C16H29FO/c1-2-3-4-5-6-7-8-10-13-16(17)14-11-9-12-15-18/h4-7,16,18H,2-3,8-15H2,1H3/b5-4-,7-6+. The second-order valence-electron chi connectivity index (χ2n) is 4.75. The number of hydrogen-bond acceptors (Lipinski definition) is 1. The van der Waals surface area contributed by atoms with Crippen molar-refractivity contribution in [3.8, 4) is 0 Å². The summed E-state index contributed by atoms with van der Waals surface area (Å²) in [6.45, 7) is 2.39. The fourth-order valence-corrected chi connectivity index (χ4v) is 1.77. The number of halogens is 1. The minimum Gasteiger partial charge on any atom is -0.396 e. The predicted octanol–water partition coefficient (Wildman–Crippen LogP) is 4.96. The highest BCUT2D eigenvalue weighted by Gasteiger charge is 2.04. The minimum absolute atomic E-state index is 0.229. The SMILES string of the molecule is CCC/C=C\C=C\CCCC(F)CCCCCO. The van der Waals surface area contributed by atoms with Gasteiger partial charge in [-0.3, -0.25) is 0 Å². The molecule has 0 aliphatic carbocycles. The summed E-state index contributed by atoms with van der Waals surface area (Å²) in [7, 11) is 0. The van der Waals surface area contributed by atoms with Crippen LogP contribution in [0.15, 0.2) is 24.3 Å². The lowest BCUT2D eigenvalue weighted by Crippen LogP contribution is -1.99. The smallest absolute Gasteiger partial charge is 0.100 e. The quantitative estimate of drug-likeness (QED) is 0.386. The molecule has 18 heavy (non-hydrogen) atoms. The third-order valence-electron chi connectivity index (χ3n) is 2.90. The first-order valence-electron chi connectivity index (χ1n) is 7.37. The molecule has 0 spiro atoms. The molecular formula is C16H29FO. The summed E-state index contributed by atoms with van der Waals surface area (Å²) in [5.41, 5.74) is 0. The topological polar surface area (TPSA) is 20.2 Å². The van der Waals surface area contributed by atoms with Gasteiger partial charge < -0.3 is 5.11 Å². The lowest BCUT2D eigenvalue weighted by Gasteiger charge is -2.06. The van der Waals surface area contributed by atoms with Gasteiger partial charge in [-0.1, -0.05) is 50.5 Å². The Morgan fingerprint density at radius 2 is 1.61 bits per heavy atom. The lowest BCUT2D eigenvalue weighted by molar-refractivity contribution is 0.262. The van der Waals surface area contributed by atoms with Gasteiger partial charge in [0.1, 0.15) is 6.17 Å². The molecule has 0 aromatic carbocycles. The van der Waals surface area contributed by atoms with Gasteiger partial charge in [0.15, 0.2) is 0 Å². The number of alkyl halides is 1. The maximum absolute atomic E-state index is 13.4. The Bertz CT molecular complexity index is 211. The molecule has 2 heteroatoms. The van der Waals surface area contributed by atoms with Crippen LogP contribution < -0.4 is 0 Å². The largest absolute Gasteiger partial charge is 0.396 e. The van der Waals surface area contributed by atoms with Crippen molar-refractivity contribution in [2.24, 2.45) is 0 Å². The zero-order chi connectivity index (χ0) is 13.5. The molecule has 0 aromatic rings. The molecule has 0 fully saturated rings. The van der Waals surface area contributed by atoms with Crippen LogP contribution in [0.1, 0.15) is 64.7 Å². The fourth-order valence-electron chi connectivity index (χ4n) is 1.77. The van der Waals surface area contributed by atoms with Crippen molar-refractivity contribution in [3.05, 3.63) is 24.3 Å². The number of aliphatic hydroxyl groups excluding tert-OH is 1. The van der Waals surface area contributed by atoms with E-state index in [1.165, 1.54) is 6.42 Å². The van der Waals surface area contributed by atoms with E-state index < -0.39 is 6.17 Å². The first-order valence-corrected chi connectivity index (χ1v) is 7.37. The van der Waals surface area contributed by atoms with Gasteiger partial charge in [0.2, 0.25) is 0 Å². The van der Waals surface area contributed by atoms with Crippen molar-refractivity contribution in [3.63, 3.8) is 0 Å². The maximum atomic E-state index is 13.4. The number of unbranched alkanes of at least 4 members (excludes halogenated alkanes) is 4. The third kappa shape index (κ3) is 13.4. The summed E-state index contributed by atoms with van der Waals surface area (Å²) in [6, 6.07) is 0. The van der Waals surface area contributed by atoms with E-state index in [0.29, 0.717) is 12.8 Å². The van der Waals surface area contributed by atoms with Crippen molar-refractivity contribution in [2.45, 2.75) is 70.9 Å². The van der Waals surface area contributed by atoms with Gasteiger partial charge in [-0.15, -0.1) is 0 Å². The average molecular weight is 256 g/mol. The van der Waals surface area contributed by atoms with Crippen LogP contribution in [0.2, 0.25) is 0 Å². The molecule has 0 amide bonds. The molecule has 0 rings (SSSR count). The summed E-state index contributed by atoms with van der Waals surface area (Å²) < 4.78 is 13.4. The van der Waals surface area contributed by atoms with Gasteiger partial charge in [0.05, 0.1) is 0 Å². The number of hydrogen-bond donors (Lipinski definition) is 1. The van der Waals surface area contributed by atoms with Gasteiger partial charge >= 0.3 is 0 Å². The highest BCUT2D eigenvalue weighted by Crippen LogP contribution is 2.13. The van der Waals surface area contributed by atoms with Crippen LogP contribution in [0.25, 0.3) is 0 Å². The van der Waals surface area contributed by atoms with Crippen LogP contribution in [0, 0.1) is 0 Å². The van der Waals surface area contributed by atoms with Crippen molar-refractivity contribution < 1.29 is 9.50 Å². The Hall–Kier alpha value is -0.630. The molecule has 1 unspecified atom stereocenters. The Kier molecular flexibility index (Phi) is 13.9. The minimum atomic E-state index is -0.660. The Balaban J connectivity index is 3.31. The zero-order valence-electron chi connectivity index (χ0n) is 11.8. The summed E-state index contributed by atoms with van der Waals surface area (Å²) >= 11 is 0. The van der Waals surface area contributed by atoms with E-state index in [2.05, 4.69) is 31.2 Å². The average Bonchev–Trinajstić information content (AvgIpc) is 2.38. The van der Waals surface area contributed by atoms with E-state index in [-0.39, 0.29) is 6.61 Å². The van der Waals surface area contributed by atoms with Crippen LogP contribution >= 0.6 is 0 Å². The van der Waals surface area contributed by atoms with E-state index in [1.54, 1.807) is 0 Å². The number of rotatable bonds is 12. The van der Waals surface area contributed by atoms with Crippen molar-refractivity contribution in [2.75, 3.05) is 6.61 Å². The number of allylic oxidation sites excluding steroid dienone is 4. The molecule has 0 aliphatic rings. The van der Waals surface area contributed by atoms with Gasteiger partial charge in [-0.25, -0.2) is 4.39 Å². The van der Waals surface area contributed by atoms with Crippen molar-refractivity contribution in [1.82, 2.24) is 0 Å². The predicted molar refractivity (Wildman–Crippen MR) is 77.5 cm³/mol. The molecule has 1 N–H and O–H groups in total. The molecule has 106 valence electrons. The maximum Gasteiger partial charge on any atom is 0.100 e. The van der Waals surface area contributed by atoms with Gasteiger partial charge in [-0.05, 0) is 38.5 Å². The molecule has 1 atom stereocenters. The van der Waals surface area contributed by atoms with E-state index in [9.17, 15) is 4.39 Å². The fraction of sp³-hybridized carbons (Fsp3) is 0.750. The lowest BCUT2D eigenvalue weighted by atomic mass is 10.1. The molecule has 0 saturated carbocycles. The molecule has 0 aliphatic heterocycles. The molecule has 0 heterocycles. The molecule has 0 saturated heterocycles. The second kappa shape index (κ2) is 14.4. The molecule has 0 radical (unpaired) electrons. The second-order valence-corrected chi connectivity index (χ2v) is 4.75. The van der Waals surface area contributed by atoms with E-state index in [4.69, 9.17) is 5.11 Å². The molecule has 0 bridgehead atoms. The van der Waals surface area contributed by atoms with E-state index in [0.717, 1.165) is 38.5 Å². The normalized spacial score (nSPS) is 13.7. The van der Waals surface area contributed by atoms with E-state index >= 15 is 0 Å². The monoisotopic (exact) mass is 256 g/mol. The first kappa shape index (κ1) is 17.4. The molecule has 0 aromatic heterocycles. The van der Waals surface area contributed by atoms with Crippen LogP contribution in [-0.2, 0) is 0 Å². The highest BCUT2D eigenvalue weighted by atomic mass is 19.1. The highest BCUT2D eigenvalue weighted by molar-refractivity contribution is 5.02. The Morgan fingerprint density at radius 1 is 0.944 bits per heavy atom. The molecule has 1 nitrogen and oxygen atoms in total. The summed E-state index contributed by atoms with van der Waals surface area (Å²) in [4.78, 5) is 0. The van der Waals surface area contributed by atoms with Crippen molar-refractivity contribution in [1.29, 1.82) is 0 Å². The Labute approximate surface area is 112 Å². The summed E-state index contributed by atoms with van der Waals surface area (Å²) in [5, 5.41) is 8.60. The Morgan fingerprint density at radius 3 is 2.28 bits per heavy atom. The first-order chi connectivity index (χ1) is 8.81.